The molecular weight excluding hydrogens is 262 g/mol. The fraction of sp³-hybridized carbons (Fsp3) is 0.200. The first-order valence-electron chi connectivity index (χ1n) is 6.19. The maximum Gasteiger partial charge on any atom is 0.122 e. The number of phenolic OH excluding ortho intramolecular Hbond substituents is 1. The number of nitrogens with one attached hydrogen (secondary N) is 1. The van der Waals surface area contributed by atoms with Crippen LogP contribution < -0.4 is 10.1 Å². The van der Waals surface area contributed by atoms with Crippen LogP contribution in [0.15, 0.2) is 36.4 Å². The maximum atomic E-state index is 9.75. The number of anilines is 1. The minimum atomic E-state index is 0.251. The van der Waals surface area contributed by atoms with Gasteiger partial charge in [0.25, 0.3) is 0 Å². The van der Waals surface area contributed by atoms with Crippen molar-refractivity contribution in [2.24, 2.45) is 0 Å². The van der Waals surface area contributed by atoms with Gasteiger partial charge in [-0.2, -0.15) is 0 Å². The SMILES string of the molecule is Oc1ccc(Cl)cc1CNc1ccc2c(c1)CCO2. The molecule has 2 N–H and O–H groups in total. The molecule has 98 valence electrons. The lowest BCUT2D eigenvalue weighted by Crippen LogP contribution is -2.00. The highest BCUT2D eigenvalue weighted by Gasteiger charge is 2.12. The van der Waals surface area contributed by atoms with Crippen molar-refractivity contribution in [3.05, 3.63) is 52.5 Å². The minimum Gasteiger partial charge on any atom is -0.508 e. The van der Waals surface area contributed by atoms with E-state index in [1.807, 2.05) is 12.1 Å². The smallest absolute Gasteiger partial charge is 0.122 e. The molecule has 0 amide bonds. The molecule has 0 aromatic heterocycles. The van der Waals surface area contributed by atoms with Crippen LogP contribution in [-0.2, 0) is 13.0 Å². The van der Waals surface area contributed by atoms with Crippen molar-refractivity contribution in [2.45, 2.75) is 13.0 Å². The quantitative estimate of drug-likeness (QED) is 0.899. The summed E-state index contributed by atoms with van der Waals surface area (Å²) in [5.74, 6) is 1.22. The zero-order valence-corrected chi connectivity index (χ0v) is 11.1. The van der Waals surface area contributed by atoms with E-state index in [2.05, 4.69) is 11.4 Å². The Bertz CT molecular complexity index is 613. The van der Waals surface area contributed by atoms with Crippen LogP contribution in [0.5, 0.6) is 11.5 Å². The number of ether oxygens (including phenoxy) is 1. The summed E-state index contributed by atoms with van der Waals surface area (Å²) in [4.78, 5) is 0. The van der Waals surface area contributed by atoms with Crippen molar-refractivity contribution in [3.8, 4) is 11.5 Å². The first-order valence-corrected chi connectivity index (χ1v) is 6.57. The van der Waals surface area contributed by atoms with E-state index in [9.17, 15) is 5.11 Å². The average Bonchev–Trinajstić information content (AvgIpc) is 2.87. The Hall–Kier alpha value is -1.87. The van der Waals surface area contributed by atoms with Gasteiger partial charge in [0, 0.05) is 29.2 Å². The summed E-state index contributed by atoms with van der Waals surface area (Å²) in [5.41, 5.74) is 3.02. The van der Waals surface area contributed by atoms with Crippen LogP contribution in [0.25, 0.3) is 0 Å². The predicted octanol–water partition coefficient (Wildman–Crippen LogP) is 3.59. The number of hydrogen-bond acceptors (Lipinski definition) is 3. The lowest BCUT2D eigenvalue weighted by Gasteiger charge is -2.09. The van der Waals surface area contributed by atoms with Gasteiger partial charge in [0.2, 0.25) is 0 Å². The minimum absolute atomic E-state index is 0.251. The van der Waals surface area contributed by atoms with Crippen molar-refractivity contribution < 1.29 is 9.84 Å². The van der Waals surface area contributed by atoms with Gasteiger partial charge in [0.15, 0.2) is 0 Å². The molecule has 3 nitrogen and oxygen atoms in total. The zero-order chi connectivity index (χ0) is 13.2. The Labute approximate surface area is 116 Å². The lowest BCUT2D eigenvalue weighted by molar-refractivity contribution is 0.357. The van der Waals surface area contributed by atoms with Crippen LogP contribution in [0.1, 0.15) is 11.1 Å². The molecule has 1 aliphatic heterocycles. The lowest BCUT2D eigenvalue weighted by atomic mass is 10.1. The molecule has 0 fully saturated rings. The van der Waals surface area contributed by atoms with Crippen LogP contribution in [0.2, 0.25) is 5.02 Å². The van der Waals surface area contributed by atoms with E-state index >= 15 is 0 Å². The van der Waals surface area contributed by atoms with Crippen molar-refractivity contribution >= 4 is 17.3 Å². The number of phenols is 1. The molecule has 1 aliphatic rings. The van der Waals surface area contributed by atoms with Crippen LogP contribution >= 0.6 is 11.6 Å². The molecule has 19 heavy (non-hydrogen) atoms. The first kappa shape index (κ1) is 12.2. The van der Waals surface area contributed by atoms with Gasteiger partial charge in [-0.25, -0.2) is 0 Å². The fourth-order valence-corrected chi connectivity index (χ4v) is 2.38. The van der Waals surface area contributed by atoms with Gasteiger partial charge in [-0.3, -0.25) is 0 Å². The molecule has 3 rings (SSSR count). The van der Waals surface area contributed by atoms with E-state index in [1.54, 1.807) is 18.2 Å². The molecule has 0 spiro atoms. The molecule has 0 atom stereocenters. The van der Waals surface area contributed by atoms with Gasteiger partial charge in [0.1, 0.15) is 11.5 Å². The number of fused-ring (bicyclic) bond motifs is 1. The zero-order valence-electron chi connectivity index (χ0n) is 10.3. The normalized spacial score (nSPS) is 12.9. The molecule has 2 aromatic rings. The third-order valence-electron chi connectivity index (χ3n) is 3.21. The highest BCUT2D eigenvalue weighted by molar-refractivity contribution is 6.30. The van der Waals surface area contributed by atoms with Crippen LogP contribution in [0.3, 0.4) is 0 Å². The highest BCUT2D eigenvalue weighted by Crippen LogP contribution is 2.28. The summed E-state index contributed by atoms with van der Waals surface area (Å²) >= 11 is 5.92. The van der Waals surface area contributed by atoms with E-state index in [1.165, 1.54) is 5.56 Å². The summed E-state index contributed by atoms with van der Waals surface area (Å²) in [7, 11) is 0. The molecular formula is C15H14ClNO2. The second kappa shape index (κ2) is 5.02. The Balaban J connectivity index is 1.74. The van der Waals surface area contributed by atoms with Gasteiger partial charge in [-0.15, -0.1) is 0 Å². The molecule has 0 saturated heterocycles. The molecule has 2 aromatic carbocycles. The van der Waals surface area contributed by atoms with Crippen LogP contribution in [-0.4, -0.2) is 11.7 Å². The summed E-state index contributed by atoms with van der Waals surface area (Å²) in [6, 6.07) is 11.1. The number of halogens is 1. The van der Waals surface area contributed by atoms with Crippen molar-refractivity contribution in [1.82, 2.24) is 0 Å². The number of aromatic hydroxyl groups is 1. The third-order valence-corrected chi connectivity index (χ3v) is 3.45. The van der Waals surface area contributed by atoms with Crippen molar-refractivity contribution in [1.29, 1.82) is 0 Å². The molecule has 0 radical (unpaired) electrons. The fourth-order valence-electron chi connectivity index (χ4n) is 2.19. The molecule has 1 heterocycles. The summed E-state index contributed by atoms with van der Waals surface area (Å²) in [5, 5.41) is 13.7. The number of hydrogen-bond donors (Lipinski definition) is 2. The van der Waals surface area contributed by atoms with Crippen molar-refractivity contribution in [3.63, 3.8) is 0 Å². The Morgan fingerprint density at radius 1 is 1.21 bits per heavy atom. The maximum absolute atomic E-state index is 9.75. The van der Waals surface area contributed by atoms with Gasteiger partial charge < -0.3 is 15.2 Å². The van der Waals surface area contributed by atoms with Crippen molar-refractivity contribution in [2.75, 3.05) is 11.9 Å². The predicted molar refractivity (Wildman–Crippen MR) is 76.1 cm³/mol. The largest absolute Gasteiger partial charge is 0.508 e. The van der Waals surface area contributed by atoms with Gasteiger partial charge in [0.05, 0.1) is 6.61 Å². The topological polar surface area (TPSA) is 41.5 Å². The average molecular weight is 276 g/mol. The number of benzene rings is 2. The Kier molecular flexibility index (Phi) is 3.22. The molecule has 0 unspecified atom stereocenters. The summed E-state index contributed by atoms with van der Waals surface area (Å²) in [6.45, 7) is 1.29. The number of rotatable bonds is 3. The van der Waals surface area contributed by atoms with Crippen LogP contribution in [0.4, 0.5) is 5.69 Å². The van der Waals surface area contributed by atoms with E-state index in [0.29, 0.717) is 11.6 Å². The standard InChI is InChI=1S/C15H14ClNO2/c16-12-1-3-14(18)11(7-12)9-17-13-2-4-15-10(8-13)5-6-19-15/h1-4,7-8,17-18H,5-6,9H2. The molecule has 4 heteroatoms. The molecule has 0 aliphatic carbocycles. The van der Waals surface area contributed by atoms with Gasteiger partial charge in [-0.1, -0.05) is 11.6 Å². The van der Waals surface area contributed by atoms with Gasteiger partial charge in [-0.05, 0) is 42.0 Å². The van der Waals surface area contributed by atoms with E-state index < -0.39 is 0 Å². The van der Waals surface area contributed by atoms with E-state index in [0.717, 1.165) is 30.0 Å². The first-order chi connectivity index (χ1) is 9.22. The second-order valence-corrected chi connectivity index (χ2v) is 4.98. The summed E-state index contributed by atoms with van der Waals surface area (Å²) in [6.07, 6.45) is 0.952. The Morgan fingerprint density at radius 2 is 2.11 bits per heavy atom. The van der Waals surface area contributed by atoms with Crippen LogP contribution in [0, 0.1) is 0 Å². The summed E-state index contributed by atoms with van der Waals surface area (Å²) < 4.78 is 5.47. The third kappa shape index (κ3) is 2.61. The monoisotopic (exact) mass is 275 g/mol. The Morgan fingerprint density at radius 3 is 3.00 bits per heavy atom. The highest BCUT2D eigenvalue weighted by atomic mass is 35.5. The van der Waals surface area contributed by atoms with E-state index in [-0.39, 0.29) is 5.75 Å². The molecule has 0 bridgehead atoms. The van der Waals surface area contributed by atoms with Gasteiger partial charge >= 0.3 is 0 Å². The van der Waals surface area contributed by atoms with E-state index in [4.69, 9.17) is 16.3 Å². The molecule has 0 saturated carbocycles. The second-order valence-electron chi connectivity index (χ2n) is 4.55.